The van der Waals surface area contributed by atoms with Crippen molar-refractivity contribution < 1.29 is 9.47 Å². The van der Waals surface area contributed by atoms with Gasteiger partial charge >= 0.3 is 6.01 Å². The van der Waals surface area contributed by atoms with Crippen LogP contribution in [0.15, 0.2) is 77.6 Å². The van der Waals surface area contributed by atoms with Gasteiger partial charge in [0.05, 0.1) is 36.2 Å². The van der Waals surface area contributed by atoms with Gasteiger partial charge in [-0.1, -0.05) is 55.8 Å². The Kier molecular flexibility index (Phi) is 8.05. The van der Waals surface area contributed by atoms with Crippen LogP contribution in [0.3, 0.4) is 0 Å². The smallest absolute Gasteiger partial charge is 0.303 e. The van der Waals surface area contributed by atoms with Crippen LogP contribution in [0.1, 0.15) is 49.6 Å². The summed E-state index contributed by atoms with van der Waals surface area (Å²) in [4.78, 5) is 18.6. The summed E-state index contributed by atoms with van der Waals surface area (Å²) in [6.07, 6.45) is 1.90. The summed E-state index contributed by atoms with van der Waals surface area (Å²) >= 11 is 0. The third kappa shape index (κ3) is 5.73. The van der Waals surface area contributed by atoms with Crippen LogP contribution in [-0.2, 0) is 12.8 Å². The molecule has 1 aromatic heterocycles. The fourth-order valence-electron chi connectivity index (χ4n) is 4.38. The van der Waals surface area contributed by atoms with Crippen molar-refractivity contribution in [2.75, 3.05) is 7.11 Å². The van der Waals surface area contributed by atoms with Crippen molar-refractivity contribution in [3.8, 4) is 34.6 Å². The molecule has 0 aliphatic carbocycles. The summed E-state index contributed by atoms with van der Waals surface area (Å²) in [6.45, 7) is 5.99. The molecule has 0 saturated heterocycles. The molecule has 0 fully saturated rings. The summed E-state index contributed by atoms with van der Waals surface area (Å²) in [6, 6.07) is 25.5. The first-order valence-electron chi connectivity index (χ1n) is 12.5. The minimum absolute atomic E-state index is 0.0521. The molecule has 0 aliphatic heterocycles. The Labute approximate surface area is 217 Å². The number of hydrogen-bond acceptors (Lipinski definition) is 5. The largest absolute Gasteiger partial charge is 0.491 e. The van der Waals surface area contributed by atoms with Crippen LogP contribution in [0, 0.1) is 11.3 Å². The maximum atomic E-state index is 13.9. The maximum Gasteiger partial charge on any atom is 0.303 e. The first-order valence-corrected chi connectivity index (χ1v) is 12.5. The summed E-state index contributed by atoms with van der Waals surface area (Å²) in [5.74, 6) is 0.726. The van der Waals surface area contributed by atoms with Crippen molar-refractivity contribution in [1.29, 1.82) is 5.26 Å². The fourth-order valence-corrected chi connectivity index (χ4v) is 4.38. The van der Waals surface area contributed by atoms with Crippen molar-refractivity contribution in [3.63, 3.8) is 0 Å². The number of nitriles is 1. The topological polar surface area (TPSA) is 77.1 Å². The zero-order valence-electron chi connectivity index (χ0n) is 21.7. The first kappa shape index (κ1) is 25.7. The summed E-state index contributed by atoms with van der Waals surface area (Å²) in [5.41, 5.74) is 5.08. The van der Waals surface area contributed by atoms with E-state index in [0.29, 0.717) is 35.3 Å². The van der Waals surface area contributed by atoms with E-state index in [9.17, 15) is 10.1 Å². The van der Waals surface area contributed by atoms with Crippen LogP contribution >= 0.6 is 0 Å². The van der Waals surface area contributed by atoms with Gasteiger partial charge in [0, 0.05) is 12.0 Å². The molecule has 188 valence electrons. The monoisotopic (exact) mass is 493 g/mol. The lowest BCUT2D eigenvalue weighted by Gasteiger charge is -2.17. The Morgan fingerprint density at radius 1 is 1.03 bits per heavy atom. The molecule has 4 aromatic rings. The van der Waals surface area contributed by atoms with Crippen molar-refractivity contribution in [3.05, 3.63) is 106 Å². The highest BCUT2D eigenvalue weighted by Gasteiger charge is 2.19. The predicted molar refractivity (Wildman–Crippen MR) is 146 cm³/mol. The van der Waals surface area contributed by atoms with Gasteiger partial charge in [0.1, 0.15) is 5.75 Å². The molecule has 0 saturated carbocycles. The lowest BCUT2D eigenvalue weighted by molar-refractivity contribution is 0.242. The van der Waals surface area contributed by atoms with Gasteiger partial charge < -0.3 is 9.47 Å². The average molecular weight is 494 g/mol. The van der Waals surface area contributed by atoms with E-state index in [0.717, 1.165) is 28.9 Å². The number of rotatable bonds is 9. The normalized spacial score (nSPS) is 10.8. The number of benzene rings is 3. The van der Waals surface area contributed by atoms with Crippen LogP contribution in [0.5, 0.6) is 11.8 Å². The summed E-state index contributed by atoms with van der Waals surface area (Å²) < 4.78 is 12.8. The van der Waals surface area contributed by atoms with E-state index in [-0.39, 0.29) is 17.7 Å². The number of aryl methyl sites for hydroxylation is 1. The highest BCUT2D eigenvalue weighted by atomic mass is 16.5. The van der Waals surface area contributed by atoms with Gasteiger partial charge in [-0.3, -0.25) is 4.79 Å². The Morgan fingerprint density at radius 2 is 1.76 bits per heavy atom. The molecule has 1 heterocycles. The third-order valence-electron chi connectivity index (χ3n) is 6.04. The zero-order valence-corrected chi connectivity index (χ0v) is 21.7. The van der Waals surface area contributed by atoms with Gasteiger partial charge in [-0.25, -0.2) is 9.55 Å². The lowest BCUT2D eigenvalue weighted by atomic mass is 9.95. The molecule has 3 aromatic carbocycles. The zero-order chi connectivity index (χ0) is 26.4. The molecule has 0 bridgehead atoms. The minimum atomic E-state index is -0.182. The van der Waals surface area contributed by atoms with Crippen LogP contribution < -0.4 is 15.0 Å². The van der Waals surface area contributed by atoms with Gasteiger partial charge in [-0.05, 0) is 67.3 Å². The highest BCUT2D eigenvalue weighted by molar-refractivity contribution is 5.71. The van der Waals surface area contributed by atoms with Crippen molar-refractivity contribution >= 4 is 0 Å². The molecule has 0 aliphatic rings. The standard InChI is InChI=1S/C31H31N3O3/c1-5-9-29-28(19-22-12-17-27(24(18-22)20-32)23-10-7-6-8-11-23)30(35)34(31(33-29)36-4)25-13-15-26(16-14-25)37-21(2)3/h6-8,10-18,21H,5,9,19H2,1-4H3. The van der Waals surface area contributed by atoms with E-state index in [1.807, 2.05) is 86.6 Å². The van der Waals surface area contributed by atoms with Crippen LogP contribution in [0.4, 0.5) is 0 Å². The Hall–Kier alpha value is -4.37. The molecule has 6 nitrogen and oxygen atoms in total. The van der Waals surface area contributed by atoms with Crippen molar-refractivity contribution in [2.24, 2.45) is 0 Å². The highest BCUT2D eigenvalue weighted by Crippen LogP contribution is 2.26. The van der Waals surface area contributed by atoms with E-state index in [1.54, 1.807) is 0 Å². The second kappa shape index (κ2) is 11.6. The first-order chi connectivity index (χ1) is 17.9. The average Bonchev–Trinajstić information content (AvgIpc) is 2.91. The molecule has 0 N–H and O–H groups in total. The number of hydrogen-bond donors (Lipinski definition) is 0. The second-order valence-electron chi connectivity index (χ2n) is 9.11. The molecular weight excluding hydrogens is 462 g/mol. The molecule has 0 unspecified atom stereocenters. The van der Waals surface area contributed by atoms with Crippen LogP contribution in [0.25, 0.3) is 16.8 Å². The van der Waals surface area contributed by atoms with Gasteiger partial charge in [0.25, 0.3) is 5.56 Å². The quantitative estimate of drug-likeness (QED) is 0.281. The van der Waals surface area contributed by atoms with Gasteiger partial charge in [0.15, 0.2) is 0 Å². The van der Waals surface area contributed by atoms with Crippen molar-refractivity contribution in [1.82, 2.24) is 9.55 Å². The van der Waals surface area contributed by atoms with Crippen molar-refractivity contribution in [2.45, 2.75) is 46.1 Å². The molecule has 0 atom stereocenters. The summed E-state index contributed by atoms with van der Waals surface area (Å²) in [7, 11) is 1.52. The van der Waals surface area contributed by atoms with Gasteiger partial charge in [-0.15, -0.1) is 0 Å². The number of methoxy groups -OCH3 is 1. The minimum Gasteiger partial charge on any atom is -0.491 e. The fraction of sp³-hybridized carbons (Fsp3) is 0.258. The Morgan fingerprint density at radius 3 is 2.38 bits per heavy atom. The van der Waals surface area contributed by atoms with Crippen LogP contribution in [0.2, 0.25) is 0 Å². The maximum absolute atomic E-state index is 13.9. The molecule has 4 rings (SSSR count). The SMILES string of the molecule is CCCc1nc(OC)n(-c2ccc(OC(C)C)cc2)c(=O)c1Cc1ccc(-c2ccccc2)c(C#N)c1. The molecular formula is C31H31N3O3. The Balaban J connectivity index is 1.78. The predicted octanol–water partition coefficient (Wildman–Crippen LogP) is 6.11. The number of ether oxygens (including phenoxy) is 2. The summed E-state index contributed by atoms with van der Waals surface area (Å²) in [5, 5.41) is 9.85. The molecule has 0 radical (unpaired) electrons. The second-order valence-corrected chi connectivity index (χ2v) is 9.11. The Bertz CT molecular complexity index is 1470. The van der Waals surface area contributed by atoms with Crippen LogP contribution in [-0.4, -0.2) is 22.8 Å². The molecule has 0 spiro atoms. The van der Waals surface area contributed by atoms with E-state index in [4.69, 9.17) is 14.5 Å². The van der Waals surface area contributed by atoms with E-state index in [1.165, 1.54) is 11.7 Å². The van der Waals surface area contributed by atoms with E-state index >= 15 is 0 Å². The van der Waals surface area contributed by atoms with E-state index < -0.39 is 0 Å². The lowest BCUT2D eigenvalue weighted by Crippen LogP contribution is -2.27. The third-order valence-corrected chi connectivity index (χ3v) is 6.04. The van der Waals surface area contributed by atoms with E-state index in [2.05, 4.69) is 13.0 Å². The molecule has 0 amide bonds. The molecule has 6 heteroatoms. The molecule has 37 heavy (non-hydrogen) atoms. The van der Waals surface area contributed by atoms with Gasteiger partial charge in [-0.2, -0.15) is 5.26 Å². The number of aromatic nitrogens is 2. The number of nitrogens with zero attached hydrogens (tertiary/aromatic N) is 3. The van der Waals surface area contributed by atoms with Gasteiger partial charge in [0.2, 0.25) is 0 Å².